The van der Waals surface area contributed by atoms with Gasteiger partial charge in [-0.25, -0.2) is 0 Å². The molecule has 0 saturated heterocycles. The molecule has 13 heavy (non-hydrogen) atoms. The topological polar surface area (TPSA) is 12.0 Å². The highest BCUT2D eigenvalue weighted by Gasteiger charge is 2.41. The van der Waals surface area contributed by atoms with Crippen LogP contribution in [-0.2, 0) is 6.42 Å². The lowest BCUT2D eigenvalue weighted by Gasteiger charge is -2.11. The molecule has 2 rings (SSSR count). The van der Waals surface area contributed by atoms with Gasteiger partial charge in [-0.3, -0.25) is 0 Å². The third kappa shape index (κ3) is 1.97. The molecule has 0 unspecified atom stereocenters. The monoisotopic (exact) mass is 259 g/mol. The zero-order chi connectivity index (χ0) is 9.47. The maximum Gasteiger partial charge on any atom is 0.0314 e. The SMILES string of the molecule is CNC1(Cc2cc(Br)c(C)s2)CC1. The van der Waals surface area contributed by atoms with Crippen molar-refractivity contribution in [3.8, 4) is 0 Å². The third-order valence-electron chi connectivity index (χ3n) is 2.80. The van der Waals surface area contributed by atoms with E-state index >= 15 is 0 Å². The van der Waals surface area contributed by atoms with Crippen molar-refractivity contribution in [3.05, 3.63) is 20.3 Å². The van der Waals surface area contributed by atoms with Crippen LogP contribution in [0.25, 0.3) is 0 Å². The molecule has 1 aliphatic carbocycles. The van der Waals surface area contributed by atoms with Crippen molar-refractivity contribution < 1.29 is 0 Å². The predicted octanol–water partition coefficient (Wildman–Crippen LogP) is 3.11. The van der Waals surface area contributed by atoms with Gasteiger partial charge in [-0.2, -0.15) is 0 Å². The number of aryl methyl sites for hydroxylation is 1. The van der Waals surface area contributed by atoms with E-state index in [4.69, 9.17) is 0 Å². The molecule has 1 aromatic heterocycles. The summed E-state index contributed by atoms with van der Waals surface area (Å²) in [4.78, 5) is 2.89. The molecule has 0 amide bonds. The Morgan fingerprint density at radius 2 is 2.31 bits per heavy atom. The summed E-state index contributed by atoms with van der Waals surface area (Å²) in [7, 11) is 2.07. The number of halogens is 1. The Balaban J connectivity index is 2.10. The first kappa shape index (κ1) is 9.69. The predicted molar refractivity (Wildman–Crippen MR) is 61.5 cm³/mol. The molecule has 1 heterocycles. The second-order valence-electron chi connectivity index (χ2n) is 3.82. The van der Waals surface area contributed by atoms with E-state index in [0.717, 1.165) is 0 Å². The average molecular weight is 260 g/mol. The third-order valence-corrected chi connectivity index (χ3v) is 4.94. The van der Waals surface area contributed by atoms with Crippen molar-refractivity contribution in [1.82, 2.24) is 5.32 Å². The van der Waals surface area contributed by atoms with E-state index in [2.05, 4.69) is 41.3 Å². The quantitative estimate of drug-likeness (QED) is 0.880. The lowest BCUT2D eigenvalue weighted by Crippen LogP contribution is -2.29. The summed E-state index contributed by atoms with van der Waals surface area (Å²) in [5, 5.41) is 3.42. The number of hydrogen-bond acceptors (Lipinski definition) is 2. The Kier molecular flexibility index (Phi) is 2.51. The summed E-state index contributed by atoms with van der Waals surface area (Å²) >= 11 is 5.47. The summed E-state index contributed by atoms with van der Waals surface area (Å²) in [6, 6.07) is 2.26. The van der Waals surface area contributed by atoms with Gasteiger partial charge in [0, 0.05) is 19.8 Å². The van der Waals surface area contributed by atoms with Crippen LogP contribution in [-0.4, -0.2) is 12.6 Å². The summed E-state index contributed by atoms with van der Waals surface area (Å²) < 4.78 is 1.26. The molecule has 0 spiro atoms. The summed E-state index contributed by atoms with van der Waals surface area (Å²) in [6.45, 7) is 2.16. The van der Waals surface area contributed by atoms with Crippen LogP contribution in [0.1, 0.15) is 22.6 Å². The van der Waals surface area contributed by atoms with Crippen molar-refractivity contribution in [1.29, 1.82) is 0 Å². The number of rotatable bonds is 3. The minimum absolute atomic E-state index is 0.441. The normalized spacial score (nSPS) is 19.0. The highest BCUT2D eigenvalue weighted by molar-refractivity contribution is 9.10. The van der Waals surface area contributed by atoms with E-state index in [1.807, 2.05) is 11.3 Å². The second-order valence-corrected chi connectivity index (χ2v) is 6.02. The molecule has 3 heteroatoms. The molecule has 1 aliphatic rings. The maximum atomic E-state index is 3.56. The van der Waals surface area contributed by atoms with Gasteiger partial charge in [0.1, 0.15) is 0 Å². The zero-order valence-corrected chi connectivity index (χ0v) is 10.4. The summed E-state index contributed by atoms with van der Waals surface area (Å²) in [6.07, 6.45) is 3.86. The van der Waals surface area contributed by atoms with E-state index in [1.54, 1.807) is 0 Å². The van der Waals surface area contributed by atoms with E-state index in [0.29, 0.717) is 5.54 Å². The van der Waals surface area contributed by atoms with Gasteiger partial charge in [0.2, 0.25) is 0 Å². The minimum atomic E-state index is 0.441. The van der Waals surface area contributed by atoms with E-state index in [-0.39, 0.29) is 0 Å². The van der Waals surface area contributed by atoms with Crippen LogP contribution in [0.3, 0.4) is 0 Å². The van der Waals surface area contributed by atoms with Gasteiger partial charge in [-0.1, -0.05) is 0 Å². The van der Waals surface area contributed by atoms with Crippen LogP contribution in [0.5, 0.6) is 0 Å². The van der Waals surface area contributed by atoms with Crippen LogP contribution < -0.4 is 5.32 Å². The maximum absolute atomic E-state index is 3.56. The Morgan fingerprint density at radius 3 is 2.69 bits per heavy atom. The fourth-order valence-corrected chi connectivity index (χ4v) is 3.35. The highest BCUT2D eigenvalue weighted by Crippen LogP contribution is 2.40. The van der Waals surface area contributed by atoms with Crippen LogP contribution in [0, 0.1) is 6.92 Å². The molecular formula is C10H14BrNS. The lowest BCUT2D eigenvalue weighted by molar-refractivity contribution is 0.553. The van der Waals surface area contributed by atoms with Crippen LogP contribution in [0.15, 0.2) is 10.5 Å². The molecule has 0 aromatic carbocycles. The van der Waals surface area contributed by atoms with Gasteiger partial charge in [-0.05, 0) is 55.2 Å². The van der Waals surface area contributed by atoms with Gasteiger partial charge in [0.15, 0.2) is 0 Å². The Bertz CT molecular complexity index is 295. The molecular weight excluding hydrogens is 246 g/mol. The molecule has 0 radical (unpaired) electrons. The Hall–Kier alpha value is 0.140. The Morgan fingerprint density at radius 1 is 1.62 bits per heavy atom. The number of nitrogens with one attached hydrogen (secondary N) is 1. The highest BCUT2D eigenvalue weighted by atomic mass is 79.9. The molecule has 1 nitrogen and oxygen atoms in total. The number of likely N-dealkylation sites (N-methyl/N-ethyl adjacent to an activating group) is 1. The van der Waals surface area contributed by atoms with Crippen LogP contribution in [0.4, 0.5) is 0 Å². The van der Waals surface area contributed by atoms with Gasteiger partial charge in [-0.15, -0.1) is 11.3 Å². The smallest absolute Gasteiger partial charge is 0.0314 e. The minimum Gasteiger partial charge on any atom is -0.314 e. The first-order chi connectivity index (χ1) is 6.15. The molecule has 1 saturated carbocycles. The van der Waals surface area contributed by atoms with Gasteiger partial charge in [0.05, 0.1) is 0 Å². The first-order valence-electron chi connectivity index (χ1n) is 4.59. The van der Waals surface area contributed by atoms with Crippen LogP contribution in [0.2, 0.25) is 0 Å². The van der Waals surface area contributed by atoms with E-state index < -0.39 is 0 Å². The van der Waals surface area contributed by atoms with Crippen molar-refractivity contribution in [2.45, 2.75) is 31.7 Å². The standard InChI is InChI=1S/C10H14BrNS/c1-7-9(11)5-8(13-7)6-10(12-2)3-4-10/h5,12H,3-4,6H2,1-2H3. The summed E-state index contributed by atoms with van der Waals surface area (Å²) in [5.41, 5.74) is 0.441. The van der Waals surface area contributed by atoms with Gasteiger partial charge in [0.25, 0.3) is 0 Å². The van der Waals surface area contributed by atoms with Gasteiger partial charge < -0.3 is 5.32 Å². The van der Waals surface area contributed by atoms with Crippen molar-refractivity contribution in [2.24, 2.45) is 0 Å². The first-order valence-corrected chi connectivity index (χ1v) is 6.20. The fraction of sp³-hybridized carbons (Fsp3) is 0.600. The number of hydrogen-bond donors (Lipinski definition) is 1. The van der Waals surface area contributed by atoms with E-state index in [9.17, 15) is 0 Å². The van der Waals surface area contributed by atoms with Crippen molar-refractivity contribution in [3.63, 3.8) is 0 Å². The van der Waals surface area contributed by atoms with Crippen molar-refractivity contribution >= 4 is 27.3 Å². The summed E-state index contributed by atoms with van der Waals surface area (Å²) in [5.74, 6) is 0. The second kappa shape index (κ2) is 3.37. The molecule has 0 aliphatic heterocycles. The molecule has 0 bridgehead atoms. The van der Waals surface area contributed by atoms with Crippen LogP contribution >= 0.6 is 27.3 Å². The lowest BCUT2D eigenvalue weighted by atomic mass is 10.1. The molecule has 1 fully saturated rings. The number of thiophene rings is 1. The Labute approximate surface area is 91.7 Å². The molecule has 1 N–H and O–H groups in total. The largest absolute Gasteiger partial charge is 0.314 e. The molecule has 1 aromatic rings. The zero-order valence-electron chi connectivity index (χ0n) is 7.98. The van der Waals surface area contributed by atoms with Crippen molar-refractivity contribution in [2.75, 3.05) is 7.05 Å². The molecule has 72 valence electrons. The van der Waals surface area contributed by atoms with E-state index in [1.165, 1.54) is 33.5 Å². The average Bonchev–Trinajstić information content (AvgIpc) is 2.78. The van der Waals surface area contributed by atoms with Gasteiger partial charge >= 0.3 is 0 Å². The fourth-order valence-electron chi connectivity index (χ4n) is 1.60. The molecule has 0 atom stereocenters.